The van der Waals surface area contributed by atoms with Crippen molar-refractivity contribution in [3.05, 3.63) is 57.0 Å². The van der Waals surface area contributed by atoms with E-state index >= 15 is 0 Å². The molecule has 1 heterocycles. The van der Waals surface area contributed by atoms with Crippen LogP contribution in [0.4, 0.5) is 11.4 Å². The molecule has 0 saturated carbocycles. The Morgan fingerprint density at radius 1 is 1.30 bits per heavy atom. The first-order valence-electron chi connectivity index (χ1n) is 6.18. The molecule has 0 fully saturated rings. The largest absolute Gasteiger partial charge is 0.369 e. The molecule has 3 nitrogen and oxygen atoms in total. The van der Waals surface area contributed by atoms with Gasteiger partial charge in [0.2, 0.25) is 0 Å². The van der Waals surface area contributed by atoms with E-state index in [0.29, 0.717) is 5.02 Å². The van der Waals surface area contributed by atoms with E-state index in [2.05, 4.69) is 26.6 Å². The zero-order chi connectivity index (χ0) is 14.3. The van der Waals surface area contributed by atoms with Gasteiger partial charge in [-0.2, -0.15) is 0 Å². The summed E-state index contributed by atoms with van der Waals surface area (Å²) in [6, 6.07) is 11.0. The third-order valence-electron chi connectivity index (χ3n) is 3.29. The Morgan fingerprint density at radius 3 is 2.85 bits per heavy atom. The Balaban J connectivity index is 1.98. The van der Waals surface area contributed by atoms with Crippen LogP contribution in [0.15, 0.2) is 40.9 Å². The molecule has 102 valence electrons. The number of carbonyl (C=O) groups excluding carboxylic acids is 1. The molecule has 1 amide bonds. The van der Waals surface area contributed by atoms with Crippen LogP contribution in [0.2, 0.25) is 5.02 Å². The molecular formula is C15H12BrClN2O. The number of halogens is 2. The highest BCUT2D eigenvalue weighted by molar-refractivity contribution is 9.10. The van der Waals surface area contributed by atoms with Crippen LogP contribution >= 0.6 is 27.5 Å². The van der Waals surface area contributed by atoms with E-state index in [1.807, 2.05) is 43.3 Å². The first-order chi connectivity index (χ1) is 9.56. The molecule has 1 atom stereocenters. The Kier molecular flexibility index (Phi) is 3.44. The van der Waals surface area contributed by atoms with Gasteiger partial charge < -0.3 is 10.6 Å². The topological polar surface area (TPSA) is 41.1 Å². The number of anilines is 2. The van der Waals surface area contributed by atoms with E-state index in [1.54, 1.807) is 0 Å². The molecule has 0 bridgehead atoms. The smallest absolute Gasteiger partial charge is 0.251 e. The first-order valence-corrected chi connectivity index (χ1v) is 7.35. The van der Waals surface area contributed by atoms with Crippen molar-refractivity contribution in [2.75, 3.05) is 10.6 Å². The van der Waals surface area contributed by atoms with Crippen LogP contribution in [0.5, 0.6) is 0 Å². The summed E-state index contributed by atoms with van der Waals surface area (Å²) < 4.78 is 0.897. The molecule has 1 aliphatic rings. The maximum Gasteiger partial charge on any atom is 0.251 e. The Labute approximate surface area is 130 Å². The van der Waals surface area contributed by atoms with Gasteiger partial charge in [-0.15, -0.1) is 0 Å². The summed E-state index contributed by atoms with van der Waals surface area (Å²) in [6.07, 6.45) is 0. The highest BCUT2D eigenvalue weighted by Gasteiger charge is 2.32. The molecular weight excluding hydrogens is 340 g/mol. The number of hydrogen-bond acceptors (Lipinski definition) is 2. The standard InChI is InChI=1S/C15H12BrClN2O/c1-8-5-6-11(10(17)7-8)18-14-13-9(16)3-2-4-12(13)19-15(14)20/h2-7,14,18H,1H3,(H,19,20). The van der Waals surface area contributed by atoms with Gasteiger partial charge in [0, 0.05) is 15.7 Å². The lowest BCUT2D eigenvalue weighted by molar-refractivity contribution is -0.116. The summed E-state index contributed by atoms with van der Waals surface area (Å²) >= 11 is 9.71. The van der Waals surface area contributed by atoms with Crippen molar-refractivity contribution in [2.24, 2.45) is 0 Å². The summed E-state index contributed by atoms with van der Waals surface area (Å²) in [5.74, 6) is -0.0801. The van der Waals surface area contributed by atoms with Crippen LogP contribution in [0.25, 0.3) is 0 Å². The van der Waals surface area contributed by atoms with E-state index in [0.717, 1.165) is 27.0 Å². The second-order valence-corrected chi connectivity index (χ2v) is 6.01. The van der Waals surface area contributed by atoms with Crippen LogP contribution in [0, 0.1) is 6.92 Å². The fourth-order valence-corrected chi connectivity index (χ4v) is 3.19. The predicted octanol–water partition coefficient (Wildman–Crippen LogP) is 4.52. The quantitative estimate of drug-likeness (QED) is 0.835. The summed E-state index contributed by atoms with van der Waals surface area (Å²) in [6.45, 7) is 1.98. The number of benzene rings is 2. The monoisotopic (exact) mass is 350 g/mol. The lowest BCUT2D eigenvalue weighted by Gasteiger charge is -2.15. The van der Waals surface area contributed by atoms with E-state index in [1.165, 1.54) is 0 Å². The Bertz CT molecular complexity index is 702. The summed E-state index contributed by atoms with van der Waals surface area (Å²) in [7, 11) is 0. The normalized spacial score (nSPS) is 16.8. The number of hydrogen-bond donors (Lipinski definition) is 2. The maximum absolute atomic E-state index is 12.1. The predicted molar refractivity (Wildman–Crippen MR) is 85.3 cm³/mol. The fourth-order valence-electron chi connectivity index (χ4n) is 2.31. The molecule has 1 aliphatic heterocycles. The van der Waals surface area contributed by atoms with E-state index in [4.69, 9.17) is 11.6 Å². The molecule has 2 N–H and O–H groups in total. The van der Waals surface area contributed by atoms with Gasteiger partial charge in [-0.3, -0.25) is 4.79 Å². The molecule has 2 aromatic carbocycles. The molecule has 0 saturated heterocycles. The Morgan fingerprint density at radius 2 is 2.10 bits per heavy atom. The number of fused-ring (bicyclic) bond motifs is 1. The molecule has 2 aromatic rings. The van der Waals surface area contributed by atoms with Crippen molar-refractivity contribution in [1.29, 1.82) is 0 Å². The summed E-state index contributed by atoms with van der Waals surface area (Å²) in [5.41, 5.74) is 3.57. The van der Waals surface area contributed by atoms with Crippen molar-refractivity contribution in [3.63, 3.8) is 0 Å². The summed E-state index contributed by atoms with van der Waals surface area (Å²) in [4.78, 5) is 12.1. The van der Waals surface area contributed by atoms with Crippen LogP contribution in [0.3, 0.4) is 0 Å². The number of nitrogens with one attached hydrogen (secondary N) is 2. The highest BCUT2D eigenvalue weighted by atomic mass is 79.9. The van der Waals surface area contributed by atoms with Crippen molar-refractivity contribution in [2.45, 2.75) is 13.0 Å². The molecule has 0 spiro atoms. The summed E-state index contributed by atoms with van der Waals surface area (Å²) in [5, 5.41) is 6.68. The number of amides is 1. The van der Waals surface area contributed by atoms with Crippen LogP contribution in [-0.2, 0) is 4.79 Å². The second kappa shape index (κ2) is 5.11. The van der Waals surface area contributed by atoms with E-state index < -0.39 is 6.04 Å². The number of aryl methyl sites for hydroxylation is 1. The van der Waals surface area contributed by atoms with Crippen LogP contribution in [-0.4, -0.2) is 5.91 Å². The van der Waals surface area contributed by atoms with Gasteiger partial charge >= 0.3 is 0 Å². The zero-order valence-electron chi connectivity index (χ0n) is 10.7. The van der Waals surface area contributed by atoms with Gasteiger partial charge in [0.15, 0.2) is 0 Å². The minimum absolute atomic E-state index is 0.0801. The zero-order valence-corrected chi connectivity index (χ0v) is 13.0. The number of rotatable bonds is 2. The lowest BCUT2D eigenvalue weighted by Crippen LogP contribution is -2.20. The molecule has 5 heteroatoms. The Hall–Kier alpha value is -1.52. The molecule has 3 rings (SSSR count). The third-order valence-corrected chi connectivity index (χ3v) is 4.29. The van der Waals surface area contributed by atoms with Crippen LogP contribution in [0.1, 0.15) is 17.2 Å². The van der Waals surface area contributed by atoms with Gasteiger partial charge in [0.1, 0.15) is 6.04 Å². The lowest BCUT2D eigenvalue weighted by atomic mass is 10.1. The van der Waals surface area contributed by atoms with Crippen molar-refractivity contribution in [3.8, 4) is 0 Å². The van der Waals surface area contributed by atoms with Crippen molar-refractivity contribution < 1.29 is 4.79 Å². The first kappa shape index (κ1) is 13.5. The minimum atomic E-state index is -0.444. The van der Waals surface area contributed by atoms with Gasteiger partial charge in [-0.1, -0.05) is 39.7 Å². The van der Waals surface area contributed by atoms with Gasteiger partial charge in [0.25, 0.3) is 5.91 Å². The van der Waals surface area contributed by atoms with Crippen molar-refractivity contribution >= 4 is 44.8 Å². The molecule has 20 heavy (non-hydrogen) atoms. The van der Waals surface area contributed by atoms with E-state index in [-0.39, 0.29) is 5.91 Å². The number of carbonyl (C=O) groups is 1. The van der Waals surface area contributed by atoms with Gasteiger partial charge in [-0.05, 0) is 36.8 Å². The molecule has 0 aliphatic carbocycles. The average molecular weight is 352 g/mol. The average Bonchev–Trinajstić information content (AvgIpc) is 2.70. The molecule has 1 unspecified atom stereocenters. The highest BCUT2D eigenvalue weighted by Crippen LogP contribution is 2.39. The minimum Gasteiger partial charge on any atom is -0.369 e. The third kappa shape index (κ3) is 2.30. The van der Waals surface area contributed by atoms with Crippen LogP contribution < -0.4 is 10.6 Å². The fraction of sp³-hybridized carbons (Fsp3) is 0.133. The second-order valence-electron chi connectivity index (χ2n) is 4.75. The van der Waals surface area contributed by atoms with E-state index in [9.17, 15) is 4.79 Å². The van der Waals surface area contributed by atoms with Gasteiger partial charge in [-0.25, -0.2) is 0 Å². The van der Waals surface area contributed by atoms with Crippen molar-refractivity contribution in [1.82, 2.24) is 0 Å². The van der Waals surface area contributed by atoms with Gasteiger partial charge in [0.05, 0.1) is 10.7 Å². The molecule has 0 radical (unpaired) electrons. The molecule has 0 aromatic heterocycles. The maximum atomic E-state index is 12.1. The SMILES string of the molecule is Cc1ccc(NC2C(=O)Nc3cccc(Br)c32)c(Cl)c1.